The smallest absolute Gasteiger partial charge is 0.141 e. The molecule has 1 aromatic carbocycles. The number of methoxy groups -OCH3 is 1. The Kier molecular flexibility index (Phi) is 4.01. The molecule has 0 saturated heterocycles. The maximum absolute atomic E-state index is 5.75. The first kappa shape index (κ1) is 10.6. The summed E-state index contributed by atoms with van der Waals surface area (Å²) in [4.78, 5) is 0. The van der Waals surface area contributed by atoms with E-state index in [-0.39, 0.29) is 0 Å². The number of hydrogen-bond acceptors (Lipinski definition) is 3. The first-order valence-corrected chi connectivity index (χ1v) is 4.58. The van der Waals surface area contributed by atoms with E-state index in [1.807, 2.05) is 30.4 Å². The van der Waals surface area contributed by atoms with Gasteiger partial charge in [0.15, 0.2) is 0 Å². The van der Waals surface area contributed by atoms with E-state index >= 15 is 0 Å². The second-order valence-electron chi connectivity index (χ2n) is 2.98. The fraction of sp³-hybridized carbons (Fsp3) is 0.273. The van der Waals surface area contributed by atoms with Gasteiger partial charge in [0.05, 0.1) is 12.8 Å². The van der Waals surface area contributed by atoms with Crippen molar-refractivity contribution in [2.45, 2.75) is 6.42 Å². The van der Waals surface area contributed by atoms with Gasteiger partial charge < -0.3 is 16.2 Å². The van der Waals surface area contributed by atoms with E-state index in [9.17, 15) is 0 Å². The molecule has 0 atom stereocenters. The molecule has 0 aliphatic heterocycles. The van der Waals surface area contributed by atoms with Gasteiger partial charge in [-0.05, 0) is 30.7 Å². The van der Waals surface area contributed by atoms with Crippen molar-refractivity contribution in [2.75, 3.05) is 19.4 Å². The van der Waals surface area contributed by atoms with Gasteiger partial charge >= 0.3 is 0 Å². The van der Waals surface area contributed by atoms with E-state index in [0.29, 0.717) is 18.0 Å². The lowest BCUT2D eigenvalue weighted by molar-refractivity contribution is 0.417. The number of benzene rings is 1. The molecule has 3 nitrogen and oxygen atoms in total. The van der Waals surface area contributed by atoms with E-state index in [2.05, 4.69) is 0 Å². The van der Waals surface area contributed by atoms with Crippen LogP contribution in [0.2, 0.25) is 0 Å². The molecule has 0 aromatic heterocycles. The number of anilines is 1. The van der Waals surface area contributed by atoms with Crippen molar-refractivity contribution in [3.63, 3.8) is 0 Å². The number of hydrogen-bond donors (Lipinski definition) is 2. The fourth-order valence-corrected chi connectivity index (χ4v) is 1.17. The predicted octanol–water partition coefficient (Wildman–Crippen LogP) is 1.64. The summed E-state index contributed by atoms with van der Waals surface area (Å²) < 4.78 is 5.06. The summed E-state index contributed by atoms with van der Waals surface area (Å²) >= 11 is 0. The Morgan fingerprint density at radius 1 is 1.43 bits per heavy atom. The molecular weight excluding hydrogens is 176 g/mol. The van der Waals surface area contributed by atoms with E-state index in [1.54, 1.807) is 7.11 Å². The molecule has 0 amide bonds. The Hall–Kier alpha value is -1.48. The Labute approximate surface area is 84.4 Å². The van der Waals surface area contributed by atoms with Crippen LogP contribution in [-0.2, 0) is 0 Å². The quantitative estimate of drug-likeness (QED) is 0.713. The lowest BCUT2D eigenvalue weighted by atomic mass is 10.1. The van der Waals surface area contributed by atoms with Crippen molar-refractivity contribution in [1.29, 1.82) is 0 Å². The van der Waals surface area contributed by atoms with Crippen LogP contribution in [0.4, 0.5) is 5.69 Å². The molecule has 0 spiro atoms. The zero-order chi connectivity index (χ0) is 10.4. The third kappa shape index (κ3) is 2.78. The molecule has 1 aromatic rings. The van der Waals surface area contributed by atoms with Gasteiger partial charge in [-0.25, -0.2) is 0 Å². The molecule has 0 bridgehead atoms. The number of nitrogen functional groups attached to an aromatic ring is 1. The van der Waals surface area contributed by atoms with Crippen LogP contribution in [-0.4, -0.2) is 13.7 Å². The van der Waals surface area contributed by atoms with Crippen LogP contribution in [0.3, 0.4) is 0 Å². The van der Waals surface area contributed by atoms with Crippen LogP contribution in [0.25, 0.3) is 6.08 Å². The molecule has 0 unspecified atom stereocenters. The molecule has 0 heterocycles. The van der Waals surface area contributed by atoms with Crippen LogP contribution >= 0.6 is 0 Å². The largest absolute Gasteiger partial charge is 0.495 e. The van der Waals surface area contributed by atoms with Gasteiger partial charge in [0, 0.05) is 0 Å². The second-order valence-corrected chi connectivity index (χ2v) is 2.98. The highest BCUT2D eigenvalue weighted by molar-refractivity contribution is 5.61. The average molecular weight is 192 g/mol. The second kappa shape index (κ2) is 5.29. The van der Waals surface area contributed by atoms with Crippen LogP contribution in [0.15, 0.2) is 24.3 Å². The van der Waals surface area contributed by atoms with Gasteiger partial charge in [-0.2, -0.15) is 0 Å². The Morgan fingerprint density at radius 2 is 2.21 bits per heavy atom. The number of rotatable bonds is 4. The molecule has 14 heavy (non-hydrogen) atoms. The van der Waals surface area contributed by atoms with Gasteiger partial charge in [0.2, 0.25) is 0 Å². The zero-order valence-electron chi connectivity index (χ0n) is 8.36. The minimum absolute atomic E-state index is 0.655. The number of ether oxygens (including phenoxy) is 1. The van der Waals surface area contributed by atoms with Crippen molar-refractivity contribution in [1.82, 2.24) is 0 Å². The summed E-state index contributed by atoms with van der Waals surface area (Å²) in [5.74, 6) is 0.709. The van der Waals surface area contributed by atoms with Crippen molar-refractivity contribution >= 4 is 11.8 Å². The summed E-state index contributed by atoms with van der Waals surface area (Å²) in [7, 11) is 1.61. The third-order valence-corrected chi connectivity index (χ3v) is 1.90. The van der Waals surface area contributed by atoms with Crippen molar-refractivity contribution < 1.29 is 4.74 Å². The summed E-state index contributed by atoms with van der Waals surface area (Å²) in [6.45, 7) is 0.669. The lowest BCUT2D eigenvalue weighted by Gasteiger charge is -2.04. The van der Waals surface area contributed by atoms with E-state index < -0.39 is 0 Å². The zero-order valence-corrected chi connectivity index (χ0v) is 8.36. The molecule has 0 aliphatic rings. The normalized spacial score (nSPS) is 10.7. The minimum Gasteiger partial charge on any atom is -0.495 e. The summed E-state index contributed by atoms with van der Waals surface area (Å²) in [5.41, 5.74) is 12.8. The van der Waals surface area contributed by atoms with Crippen LogP contribution in [0, 0.1) is 0 Å². The molecule has 4 N–H and O–H groups in total. The monoisotopic (exact) mass is 192 g/mol. The van der Waals surface area contributed by atoms with Gasteiger partial charge in [0.25, 0.3) is 0 Å². The van der Waals surface area contributed by atoms with Gasteiger partial charge in [-0.1, -0.05) is 18.2 Å². The highest BCUT2D eigenvalue weighted by Gasteiger charge is 1.97. The van der Waals surface area contributed by atoms with E-state index in [1.165, 1.54) is 0 Å². The molecule has 0 saturated carbocycles. The molecule has 0 fully saturated rings. The van der Waals surface area contributed by atoms with E-state index in [4.69, 9.17) is 16.2 Å². The summed E-state index contributed by atoms with van der Waals surface area (Å²) in [6.07, 6.45) is 4.91. The fourth-order valence-electron chi connectivity index (χ4n) is 1.17. The Balaban J connectivity index is 2.76. The maximum atomic E-state index is 5.75. The molecule has 1 rings (SSSR count). The maximum Gasteiger partial charge on any atom is 0.141 e. The van der Waals surface area contributed by atoms with Crippen molar-refractivity contribution in [3.8, 4) is 5.75 Å². The third-order valence-electron chi connectivity index (χ3n) is 1.90. The number of nitrogens with two attached hydrogens (primary N) is 2. The predicted molar refractivity (Wildman–Crippen MR) is 60.1 cm³/mol. The molecule has 0 radical (unpaired) electrons. The van der Waals surface area contributed by atoms with Gasteiger partial charge in [0.1, 0.15) is 5.75 Å². The highest BCUT2D eigenvalue weighted by Crippen LogP contribution is 2.22. The molecular formula is C11H16N2O. The summed E-state index contributed by atoms with van der Waals surface area (Å²) in [6, 6.07) is 5.70. The first-order chi connectivity index (χ1) is 6.77. The Morgan fingerprint density at radius 3 is 2.79 bits per heavy atom. The van der Waals surface area contributed by atoms with Crippen LogP contribution in [0.5, 0.6) is 5.75 Å². The molecule has 3 heteroatoms. The standard InChI is InChI=1S/C11H16N2O/c1-14-11-6-5-9(8-10(11)13)4-2-3-7-12/h2,4-6,8H,3,7,12-13H2,1H3. The minimum atomic E-state index is 0.655. The lowest BCUT2D eigenvalue weighted by Crippen LogP contribution is -1.95. The van der Waals surface area contributed by atoms with E-state index in [0.717, 1.165) is 12.0 Å². The Bertz CT molecular complexity index is 321. The SMILES string of the molecule is COc1ccc(C=CCCN)cc1N. The molecule has 76 valence electrons. The van der Waals surface area contributed by atoms with Crippen LogP contribution < -0.4 is 16.2 Å². The van der Waals surface area contributed by atoms with Gasteiger partial charge in [-0.3, -0.25) is 0 Å². The van der Waals surface area contributed by atoms with Crippen molar-refractivity contribution in [3.05, 3.63) is 29.8 Å². The first-order valence-electron chi connectivity index (χ1n) is 4.58. The topological polar surface area (TPSA) is 61.3 Å². The highest BCUT2D eigenvalue weighted by atomic mass is 16.5. The summed E-state index contributed by atoms with van der Waals surface area (Å²) in [5, 5.41) is 0. The van der Waals surface area contributed by atoms with Gasteiger partial charge in [-0.15, -0.1) is 0 Å². The van der Waals surface area contributed by atoms with Crippen LogP contribution in [0.1, 0.15) is 12.0 Å². The average Bonchev–Trinajstić information content (AvgIpc) is 2.18. The molecule has 0 aliphatic carbocycles. The van der Waals surface area contributed by atoms with Crippen molar-refractivity contribution in [2.24, 2.45) is 5.73 Å².